The van der Waals surface area contributed by atoms with Crippen LogP contribution in [0.15, 0.2) is 36.4 Å². The second kappa shape index (κ2) is 8.16. The van der Waals surface area contributed by atoms with Crippen molar-refractivity contribution in [2.75, 3.05) is 19.7 Å². The molecule has 1 unspecified atom stereocenters. The van der Waals surface area contributed by atoms with Crippen LogP contribution in [0.5, 0.6) is 5.75 Å². The fraction of sp³-hybridized carbons (Fsp3) is 0.381. The number of hydrogen-bond acceptors (Lipinski definition) is 4. The molecule has 0 radical (unpaired) electrons. The van der Waals surface area contributed by atoms with E-state index < -0.39 is 17.7 Å². The van der Waals surface area contributed by atoms with Gasteiger partial charge in [-0.25, -0.2) is 13.9 Å². The maximum atomic E-state index is 13.7. The van der Waals surface area contributed by atoms with Gasteiger partial charge in [-0.1, -0.05) is 12.1 Å². The fourth-order valence-corrected chi connectivity index (χ4v) is 3.76. The Bertz CT molecular complexity index is 1110. The summed E-state index contributed by atoms with van der Waals surface area (Å²) < 4.78 is 60.5. The van der Waals surface area contributed by atoms with Crippen LogP contribution in [-0.2, 0) is 11.0 Å². The van der Waals surface area contributed by atoms with Crippen molar-refractivity contribution >= 4 is 11.6 Å². The number of hydrogen-bond donors (Lipinski definition) is 0. The summed E-state index contributed by atoms with van der Waals surface area (Å²) in [5, 5.41) is 3.89. The molecule has 0 aliphatic carbocycles. The van der Waals surface area contributed by atoms with E-state index in [1.165, 1.54) is 29.2 Å². The minimum Gasteiger partial charge on any atom is -0.481 e. The lowest BCUT2D eigenvalue weighted by molar-refractivity contribution is -0.143. The zero-order chi connectivity index (χ0) is 22.2. The van der Waals surface area contributed by atoms with E-state index in [2.05, 4.69) is 10.1 Å². The molecular formula is C21H20F4N4O2. The summed E-state index contributed by atoms with van der Waals surface area (Å²) in [6.07, 6.45) is -3.37. The van der Waals surface area contributed by atoms with E-state index in [0.29, 0.717) is 25.1 Å². The Balaban J connectivity index is 1.52. The first kappa shape index (κ1) is 21.1. The number of aryl methyl sites for hydroxylation is 1. The lowest BCUT2D eigenvalue weighted by Crippen LogP contribution is -2.41. The van der Waals surface area contributed by atoms with Crippen LogP contribution in [0, 0.1) is 12.7 Å². The number of carbonyl (C=O) groups excluding carboxylic acids is 1. The van der Waals surface area contributed by atoms with Gasteiger partial charge >= 0.3 is 6.18 Å². The molecule has 0 N–H and O–H groups in total. The number of benzene rings is 1. The number of para-hydroxylation sites is 1. The summed E-state index contributed by atoms with van der Waals surface area (Å²) in [6.45, 7) is 1.92. The molecule has 1 aliphatic heterocycles. The van der Waals surface area contributed by atoms with Gasteiger partial charge in [0.2, 0.25) is 0 Å². The molecule has 2 aromatic heterocycles. The predicted molar refractivity (Wildman–Crippen MR) is 103 cm³/mol. The van der Waals surface area contributed by atoms with Crippen LogP contribution in [0.1, 0.15) is 35.8 Å². The monoisotopic (exact) mass is 436 g/mol. The van der Waals surface area contributed by atoms with Crippen LogP contribution >= 0.6 is 0 Å². The summed E-state index contributed by atoms with van der Waals surface area (Å²) in [6, 6.07) is 8.26. The van der Waals surface area contributed by atoms with E-state index in [1.807, 2.05) is 0 Å². The normalized spacial score (nSPS) is 17.2. The van der Waals surface area contributed by atoms with Crippen molar-refractivity contribution in [2.45, 2.75) is 31.9 Å². The van der Waals surface area contributed by atoms with Crippen molar-refractivity contribution in [1.82, 2.24) is 19.5 Å². The molecule has 1 aromatic carbocycles. The topological polar surface area (TPSA) is 59.7 Å². The van der Waals surface area contributed by atoms with Crippen molar-refractivity contribution in [3.05, 3.63) is 59.3 Å². The van der Waals surface area contributed by atoms with Crippen LogP contribution in [0.2, 0.25) is 0 Å². The second-order valence-electron chi connectivity index (χ2n) is 7.52. The standard InChI is InChI=1S/C21H20F4N4O2/c1-13-9-19-26-16(10-18(21(23,24)25)29(19)27-13)14-5-4-8-28(11-14)20(30)12-31-17-7-3-2-6-15(17)22/h2-3,6-7,9-10,14H,4-5,8,11-12H2,1H3. The summed E-state index contributed by atoms with van der Waals surface area (Å²) in [4.78, 5) is 18.5. The number of amides is 1. The third kappa shape index (κ3) is 4.47. The van der Waals surface area contributed by atoms with E-state index >= 15 is 0 Å². The minimum absolute atomic E-state index is 0.0255. The number of rotatable bonds is 4. The lowest BCUT2D eigenvalue weighted by atomic mass is 9.94. The molecule has 1 atom stereocenters. The Morgan fingerprint density at radius 3 is 2.77 bits per heavy atom. The van der Waals surface area contributed by atoms with E-state index in [-0.39, 0.29) is 42.1 Å². The molecule has 4 rings (SSSR count). The van der Waals surface area contributed by atoms with Crippen molar-refractivity contribution in [3.8, 4) is 5.75 Å². The van der Waals surface area contributed by atoms with Gasteiger partial charge in [0.15, 0.2) is 23.8 Å². The van der Waals surface area contributed by atoms with Crippen molar-refractivity contribution in [1.29, 1.82) is 0 Å². The molecule has 1 aliphatic rings. The van der Waals surface area contributed by atoms with E-state index in [0.717, 1.165) is 10.6 Å². The first-order valence-electron chi connectivity index (χ1n) is 9.82. The van der Waals surface area contributed by atoms with Crippen LogP contribution in [0.3, 0.4) is 0 Å². The number of alkyl halides is 3. The van der Waals surface area contributed by atoms with Gasteiger partial charge < -0.3 is 9.64 Å². The highest BCUT2D eigenvalue weighted by Gasteiger charge is 2.36. The molecule has 0 spiro atoms. The highest BCUT2D eigenvalue weighted by Crippen LogP contribution is 2.33. The Morgan fingerprint density at radius 1 is 1.26 bits per heavy atom. The first-order valence-corrected chi connectivity index (χ1v) is 9.82. The van der Waals surface area contributed by atoms with Crippen molar-refractivity contribution in [2.24, 2.45) is 0 Å². The number of aromatic nitrogens is 3. The highest BCUT2D eigenvalue weighted by atomic mass is 19.4. The van der Waals surface area contributed by atoms with E-state index in [9.17, 15) is 22.4 Å². The van der Waals surface area contributed by atoms with Gasteiger partial charge in [-0.05, 0) is 38.0 Å². The molecule has 31 heavy (non-hydrogen) atoms. The Labute approximate surface area is 175 Å². The van der Waals surface area contributed by atoms with Gasteiger partial charge in [0.1, 0.15) is 5.69 Å². The number of carbonyl (C=O) groups is 1. The SMILES string of the molecule is Cc1cc2nc(C3CCCN(C(=O)COc4ccccc4F)C3)cc(C(F)(F)F)n2n1. The second-order valence-corrected chi connectivity index (χ2v) is 7.52. The summed E-state index contributed by atoms with van der Waals surface area (Å²) in [5.74, 6) is -1.31. The van der Waals surface area contributed by atoms with Gasteiger partial charge in [0.05, 0.1) is 5.69 Å². The molecule has 1 amide bonds. The number of piperidine rings is 1. The van der Waals surface area contributed by atoms with Gasteiger partial charge in [0, 0.05) is 30.8 Å². The Hall–Kier alpha value is -3.17. The number of fused-ring (bicyclic) bond motifs is 1. The molecule has 0 bridgehead atoms. The Kier molecular flexibility index (Phi) is 5.55. The maximum absolute atomic E-state index is 13.7. The van der Waals surface area contributed by atoms with Gasteiger partial charge in [-0.15, -0.1) is 0 Å². The molecule has 1 saturated heterocycles. The first-order chi connectivity index (χ1) is 14.7. The highest BCUT2D eigenvalue weighted by molar-refractivity contribution is 5.78. The zero-order valence-corrected chi connectivity index (χ0v) is 16.7. The number of likely N-dealkylation sites (tertiary alicyclic amines) is 1. The molecule has 0 saturated carbocycles. The molecule has 10 heteroatoms. The summed E-state index contributed by atoms with van der Waals surface area (Å²) in [7, 11) is 0. The van der Waals surface area contributed by atoms with Gasteiger partial charge in [-0.3, -0.25) is 4.79 Å². The molecule has 6 nitrogen and oxygen atoms in total. The summed E-state index contributed by atoms with van der Waals surface area (Å²) >= 11 is 0. The van der Waals surface area contributed by atoms with Crippen LogP contribution in [0.4, 0.5) is 17.6 Å². The smallest absolute Gasteiger partial charge is 0.433 e. The third-order valence-electron chi connectivity index (χ3n) is 5.24. The number of halogens is 4. The van der Waals surface area contributed by atoms with Crippen molar-refractivity contribution in [3.63, 3.8) is 0 Å². The maximum Gasteiger partial charge on any atom is 0.433 e. The van der Waals surface area contributed by atoms with Crippen LogP contribution in [0.25, 0.3) is 5.65 Å². The predicted octanol–water partition coefficient (Wildman–Crippen LogP) is 3.98. The molecule has 164 valence electrons. The van der Waals surface area contributed by atoms with E-state index in [4.69, 9.17) is 4.74 Å². The average Bonchev–Trinajstić information content (AvgIpc) is 3.11. The number of nitrogens with zero attached hydrogens (tertiary/aromatic N) is 4. The Morgan fingerprint density at radius 2 is 2.03 bits per heavy atom. The molecule has 1 fully saturated rings. The van der Waals surface area contributed by atoms with Crippen molar-refractivity contribution < 1.29 is 27.1 Å². The average molecular weight is 436 g/mol. The molecule has 3 heterocycles. The zero-order valence-electron chi connectivity index (χ0n) is 16.7. The van der Waals surface area contributed by atoms with Gasteiger partial charge in [-0.2, -0.15) is 18.3 Å². The van der Waals surface area contributed by atoms with Gasteiger partial charge in [0.25, 0.3) is 5.91 Å². The minimum atomic E-state index is -4.59. The van der Waals surface area contributed by atoms with Crippen LogP contribution in [-0.4, -0.2) is 45.1 Å². The fourth-order valence-electron chi connectivity index (χ4n) is 3.76. The quantitative estimate of drug-likeness (QED) is 0.581. The molecular weight excluding hydrogens is 416 g/mol. The third-order valence-corrected chi connectivity index (χ3v) is 5.24. The van der Waals surface area contributed by atoms with E-state index in [1.54, 1.807) is 13.0 Å². The molecule has 3 aromatic rings. The summed E-state index contributed by atoms with van der Waals surface area (Å²) in [5.41, 5.74) is -0.0752. The number of ether oxygens (including phenoxy) is 1. The lowest BCUT2D eigenvalue weighted by Gasteiger charge is -2.32. The van der Waals surface area contributed by atoms with Crippen LogP contribution < -0.4 is 4.74 Å². The largest absolute Gasteiger partial charge is 0.481 e.